The number of oxime groups is 1. The van der Waals surface area contributed by atoms with E-state index in [-0.39, 0.29) is 12.0 Å². The van der Waals surface area contributed by atoms with Crippen LogP contribution in [0, 0.1) is 11.8 Å². The van der Waals surface area contributed by atoms with E-state index in [0.717, 1.165) is 105 Å². The van der Waals surface area contributed by atoms with Gasteiger partial charge in [-0.1, -0.05) is 67.6 Å². The van der Waals surface area contributed by atoms with Gasteiger partial charge in [0.1, 0.15) is 11.5 Å². The molecule has 0 amide bonds. The van der Waals surface area contributed by atoms with Crippen molar-refractivity contribution in [2.45, 2.75) is 130 Å². The maximum Gasteiger partial charge on any atom is 0.432 e. The van der Waals surface area contributed by atoms with Crippen molar-refractivity contribution >= 4 is 17.6 Å². The number of unbranched alkanes of at least 4 members (excludes halogenated alkanes) is 1. The largest absolute Gasteiger partial charge is 0.496 e. The van der Waals surface area contributed by atoms with E-state index in [0.29, 0.717) is 24.3 Å². The van der Waals surface area contributed by atoms with Gasteiger partial charge in [0.05, 0.1) is 19.4 Å². The molecule has 1 aliphatic heterocycles. The van der Waals surface area contributed by atoms with Gasteiger partial charge in [-0.3, -0.25) is 9.98 Å². The minimum atomic E-state index is -4.41. The fraction of sp³-hybridized carbons (Fsp3) is 0.533. The van der Waals surface area contributed by atoms with Crippen molar-refractivity contribution in [1.29, 1.82) is 0 Å². The Balaban J connectivity index is 1.52. The molecule has 1 heterocycles. The lowest BCUT2D eigenvalue weighted by Crippen LogP contribution is -2.19. The summed E-state index contributed by atoms with van der Waals surface area (Å²) in [7, 11) is 1.72. The van der Waals surface area contributed by atoms with Gasteiger partial charge in [-0.05, 0) is 156 Å². The summed E-state index contributed by atoms with van der Waals surface area (Å²) in [6, 6.07) is 5.81. The van der Waals surface area contributed by atoms with Gasteiger partial charge < -0.3 is 9.57 Å². The van der Waals surface area contributed by atoms with Crippen LogP contribution in [-0.2, 0) is 11.3 Å². The van der Waals surface area contributed by atoms with E-state index in [1.54, 1.807) is 20.2 Å². The number of aliphatic imine (C=N–C) groups is 2. The smallest absolute Gasteiger partial charge is 0.432 e. The Morgan fingerprint density at radius 3 is 2.60 bits per heavy atom. The Morgan fingerprint density at radius 2 is 1.94 bits per heavy atom. The summed E-state index contributed by atoms with van der Waals surface area (Å²) in [5, 5.41) is 4.46. The van der Waals surface area contributed by atoms with Crippen molar-refractivity contribution in [3.05, 3.63) is 101 Å². The third-order valence-corrected chi connectivity index (χ3v) is 10.6. The van der Waals surface area contributed by atoms with Gasteiger partial charge in [0.2, 0.25) is 0 Å². The summed E-state index contributed by atoms with van der Waals surface area (Å²) in [6.07, 6.45) is 15.4. The van der Waals surface area contributed by atoms with Crippen LogP contribution >= 0.6 is 0 Å². The van der Waals surface area contributed by atoms with Gasteiger partial charge in [0.15, 0.2) is 6.10 Å². The zero-order chi connectivity index (χ0) is 39.0. The second-order valence-electron chi connectivity index (χ2n) is 14.6. The van der Waals surface area contributed by atoms with E-state index in [4.69, 9.17) is 9.57 Å². The molecule has 4 unspecified atom stereocenters. The third kappa shape index (κ3) is 13.8. The molecule has 0 saturated carbocycles. The first-order valence-corrected chi connectivity index (χ1v) is 19.3. The van der Waals surface area contributed by atoms with Gasteiger partial charge in [-0.25, -0.2) is 0 Å². The average molecular weight is 734 g/mol. The van der Waals surface area contributed by atoms with E-state index in [1.165, 1.54) is 16.8 Å². The maximum atomic E-state index is 13.1. The molecular formula is C45H62F3N3O2. The van der Waals surface area contributed by atoms with Crippen LogP contribution in [0.1, 0.15) is 122 Å². The highest BCUT2D eigenvalue weighted by molar-refractivity contribution is 6.02. The number of hydrogen-bond donors (Lipinski definition) is 0. The van der Waals surface area contributed by atoms with E-state index in [1.807, 2.05) is 25.1 Å². The molecule has 53 heavy (non-hydrogen) atoms. The summed E-state index contributed by atoms with van der Waals surface area (Å²) < 4.78 is 45.1. The molecule has 1 aromatic carbocycles. The number of nitrogens with zero attached hydrogens (tertiary/aromatic N) is 3. The average Bonchev–Trinajstić information content (AvgIpc) is 3.35. The summed E-state index contributed by atoms with van der Waals surface area (Å²) in [5.41, 5.74) is 7.54. The Kier molecular flexibility index (Phi) is 17.8. The van der Waals surface area contributed by atoms with Crippen LogP contribution in [0.3, 0.4) is 0 Å². The number of rotatable bonds is 21. The Morgan fingerprint density at radius 1 is 1.17 bits per heavy atom. The Hall–Kier alpha value is -3.94. The summed E-state index contributed by atoms with van der Waals surface area (Å²) in [4.78, 5) is 14.7. The lowest BCUT2D eigenvalue weighted by molar-refractivity contribution is -0.0577. The maximum absolute atomic E-state index is 13.1. The number of allylic oxidation sites excluding steroid dienone is 6. The molecule has 0 fully saturated rings. The summed E-state index contributed by atoms with van der Waals surface area (Å²) in [6.45, 7) is 23.4. The molecule has 0 radical (unpaired) electrons. The SMILES string of the molecule is C=CCCN=C(C)CCCCc1cc(C(CC)ON=CC(=CC)C(=C)C(C)C2CCC=C(CC(=C)CC3N=C(C(F)(F)F)C=C3C)CC2)ccc1OC. The summed E-state index contributed by atoms with van der Waals surface area (Å²) >= 11 is 0. The lowest BCUT2D eigenvalue weighted by atomic mass is 9.80. The van der Waals surface area contributed by atoms with Crippen molar-refractivity contribution in [3.8, 4) is 5.75 Å². The molecule has 2 aliphatic rings. The number of methoxy groups -OCH3 is 1. The second kappa shape index (κ2) is 21.7. The number of ether oxygens (including phenoxy) is 1. The molecule has 0 spiro atoms. The van der Waals surface area contributed by atoms with Crippen molar-refractivity contribution in [2.75, 3.05) is 13.7 Å². The molecule has 3 rings (SSSR count). The number of halogens is 3. The Bertz CT molecular complexity index is 1590. The molecule has 8 heteroatoms. The molecule has 0 saturated heterocycles. The van der Waals surface area contributed by atoms with Crippen LogP contribution < -0.4 is 4.74 Å². The van der Waals surface area contributed by atoms with E-state index in [9.17, 15) is 13.2 Å². The number of hydrogen-bond acceptors (Lipinski definition) is 5. The van der Waals surface area contributed by atoms with Gasteiger partial charge in [-0.15, -0.1) is 6.58 Å². The minimum Gasteiger partial charge on any atom is -0.496 e. The van der Waals surface area contributed by atoms with Gasteiger partial charge in [-0.2, -0.15) is 13.2 Å². The minimum absolute atomic E-state index is 0.188. The standard InChI is InChI=1S/C45H62F3N3O2/c1-10-13-25-49-33(6)17-14-15-19-39-29-40(23-24-43(39)52-9)42(12-3)53-50-30-37(11-2)34(7)35(8)38-20-16-18-36(21-22-38)26-31(4)27-41-32(5)28-44(51-41)45(46,47)48/h10-11,18,23-24,28-30,35,38,41-42H,1,4,7,12-17,19-22,25-27H2,2-3,5-6,8-9H3. The Labute approximate surface area is 317 Å². The molecule has 0 aromatic heterocycles. The van der Waals surface area contributed by atoms with Gasteiger partial charge >= 0.3 is 6.18 Å². The first kappa shape index (κ1) is 43.5. The highest BCUT2D eigenvalue weighted by atomic mass is 19.4. The van der Waals surface area contributed by atoms with Crippen LogP contribution in [-0.4, -0.2) is 43.5 Å². The molecule has 4 atom stereocenters. The highest BCUT2D eigenvalue weighted by Crippen LogP contribution is 2.37. The molecule has 1 aromatic rings. The monoisotopic (exact) mass is 733 g/mol. The molecule has 1 aliphatic carbocycles. The highest BCUT2D eigenvalue weighted by Gasteiger charge is 2.38. The van der Waals surface area contributed by atoms with Crippen molar-refractivity contribution < 1.29 is 22.7 Å². The van der Waals surface area contributed by atoms with Gasteiger partial charge in [0.25, 0.3) is 0 Å². The predicted molar refractivity (Wildman–Crippen MR) is 217 cm³/mol. The van der Waals surface area contributed by atoms with Crippen molar-refractivity contribution in [1.82, 2.24) is 0 Å². The quantitative estimate of drug-likeness (QED) is 0.0415. The van der Waals surface area contributed by atoms with Crippen LogP contribution in [0.25, 0.3) is 0 Å². The molecule has 0 N–H and O–H groups in total. The van der Waals surface area contributed by atoms with Crippen LogP contribution in [0.15, 0.2) is 105 Å². The predicted octanol–water partition coefficient (Wildman–Crippen LogP) is 12.8. The van der Waals surface area contributed by atoms with Crippen molar-refractivity contribution in [2.24, 2.45) is 27.0 Å². The van der Waals surface area contributed by atoms with Crippen LogP contribution in [0.4, 0.5) is 13.2 Å². The second-order valence-corrected chi connectivity index (χ2v) is 14.6. The van der Waals surface area contributed by atoms with Gasteiger partial charge in [0, 0.05) is 12.3 Å². The first-order chi connectivity index (χ1) is 25.3. The zero-order valence-corrected chi connectivity index (χ0v) is 33.0. The van der Waals surface area contributed by atoms with Crippen LogP contribution in [0.2, 0.25) is 0 Å². The number of alkyl halides is 3. The molecule has 0 bridgehead atoms. The number of aryl methyl sites for hydroxylation is 1. The van der Waals surface area contributed by atoms with Crippen molar-refractivity contribution in [3.63, 3.8) is 0 Å². The first-order valence-electron chi connectivity index (χ1n) is 19.3. The molecule has 290 valence electrons. The molecule has 5 nitrogen and oxygen atoms in total. The fourth-order valence-electron chi connectivity index (χ4n) is 7.16. The van der Waals surface area contributed by atoms with E-state index < -0.39 is 17.9 Å². The summed E-state index contributed by atoms with van der Waals surface area (Å²) in [5.74, 6) is 1.59. The fourth-order valence-corrected chi connectivity index (χ4v) is 7.16. The van der Waals surface area contributed by atoms with E-state index >= 15 is 0 Å². The van der Waals surface area contributed by atoms with Crippen LogP contribution in [0.5, 0.6) is 5.75 Å². The lowest BCUT2D eigenvalue weighted by Gasteiger charge is -2.25. The normalized spacial score (nSPS) is 19.6. The third-order valence-electron chi connectivity index (χ3n) is 10.6. The number of benzene rings is 1. The zero-order valence-electron chi connectivity index (χ0n) is 33.0. The topological polar surface area (TPSA) is 55.5 Å². The van der Waals surface area contributed by atoms with E-state index in [2.05, 4.69) is 73.9 Å². The molecular weight excluding hydrogens is 672 g/mol.